The van der Waals surface area contributed by atoms with Crippen molar-refractivity contribution in [2.24, 2.45) is 0 Å². The maximum atomic E-state index is 10.1. The zero-order valence-corrected chi connectivity index (χ0v) is 14.3. The van der Waals surface area contributed by atoms with Crippen LogP contribution in [0.2, 0.25) is 0 Å². The van der Waals surface area contributed by atoms with Gasteiger partial charge in [-0.1, -0.05) is 66.7 Å². The molecule has 0 aromatic heterocycles. The highest BCUT2D eigenvalue weighted by Gasteiger charge is 2.42. The number of rotatable bonds is 5. The molecule has 26 heavy (non-hydrogen) atoms. The van der Waals surface area contributed by atoms with Gasteiger partial charge in [-0.05, 0) is 23.1 Å². The van der Waals surface area contributed by atoms with Gasteiger partial charge >= 0.3 is 0 Å². The molecule has 4 N–H and O–H groups in total. The summed E-state index contributed by atoms with van der Waals surface area (Å²) in [5.74, 6) is 0. The molecule has 3 rings (SSSR count). The molecule has 2 aromatic carbocycles. The van der Waals surface area contributed by atoms with Crippen molar-refractivity contribution >= 4 is 6.08 Å². The first-order chi connectivity index (χ1) is 12.6. The zero-order valence-electron chi connectivity index (χ0n) is 14.3. The number of hydrogen-bond donors (Lipinski definition) is 4. The lowest BCUT2D eigenvalue weighted by molar-refractivity contribution is -0.227. The second kappa shape index (κ2) is 8.58. The van der Waals surface area contributed by atoms with Crippen molar-refractivity contribution in [1.29, 1.82) is 0 Å². The molecule has 138 valence electrons. The normalized spacial score (nSPS) is 29.2. The molecule has 5 nitrogen and oxygen atoms in total. The van der Waals surface area contributed by atoms with E-state index in [9.17, 15) is 20.4 Å². The molecule has 2 aromatic rings. The summed E-state index contributed by atoms with van der Waals surface area (Å²) in [6, 6.07) is 18.0. The van der Waals surface area contributed by atoms with Gasteiger partial charge in [0.1, 0.15) is 24.4 Å². The van der Waals surface area contributed by atoms with Gasteiger partial charge in [0.15, 0.2) is 0 Å². The van der Waals surface area contributed by atoms with Crippen molar-refractivity contribution in [3.05, 3.63) is 66.2 Å². The molecule has 0 spiro atoms. The summed E-state index contributed by atoms with van der Waals surface area (Å²) < 4.78 is 5.52. The largest absolute Gasteiger partial charge is 0.394 e. The lowest BCUT2D eigenvalue weighted by atomic mass is 9.93. The Labute approximate surface area is 152 Å². The molecule has 0 aliphatic carbocycles. The highest BCUT2D eigenvalue weighted by atomic mass is 16.5. The predicted molar refractivity (Wildman–Crippen MR) is 99.3 cm³/mol. The smallest absolute Gasteiger partial charge is 0.111 e. The van der Waals surface area contributed by atoms with E-state index in [0.717, 1.165) is 16.7 Å². The Hall–Kier alpha value is -2.02. The van der Waals surface area contributed by atoms with Gasteiger partial charge in [-0.3, -0.25) is 0 Å². The molecule has 1 fully saturated rings. The van der Waals surface area contributed by atoms with Crippen molar-refractivity contribution in [2.75, 3.05) is 6.61 Å². The Balaban J connectivity index is 1.73. The van der Waals surface area contributed by atoms with Gasteiger partial charge in [-0.2, -0.15) is 0 Å². The summed E-state index contributed by atoms with van der Waals surface area (Å²) in [7, 11) is 0. The number of aliphatic hydroxyl groups is 4. The molecule has 0 bridgehead atoms. The van der Waals surface area contributed by atoms with Gasteiger partial charge < -0.3 is 25.2 Å². The molecule has 1 saturated heterocycles. The molecule has 5 atom stereocenters. The standard InChI is InChI=1S/C21H24O5/c22-13-18-20(24)21(25)19(23)17(26-18)12-6-10-15-9-4-5-11-16(15)14-7-2-1-3-8-14/h1-11,17-25H,12-13H2/b10-6+/t17-,18-,19-,20-,21-/m1/s1. The fourth-order valence-electron chi connectivity index (χ4n) is 3.23. The van der Waals surface area contributed by atoms with E-state index in [1.807, 2.05) is 66.7 Å². The van der Waals surface area contributed by atoms with Crippen LogP contribution in [0.3, 0.4) is 0 Å². The molecule has 5 heteroatoms. The van der Waals surface area contributed by atoms with E-state index >= 15 is 0 Å². The van der Waals surface area contributed by atoms with E-state index in [-0.39, 0.29) is 0 Å². The minimum absolute atomic E-state index is 0.352. The predicted octanol–water partition coefficient (Wildman–Crippen LogP) is 1.60. The van der Waals surface area contributed by atoms with Crippen molar-refractivity contribution in [3.63, 3.8) is 0 Å². The SMILES string of the molecule is OC[C@H]1O[C@H](C/C=C/c2ccccc2-c2ccccc2)[C@@H](O)[C@@H](O)[C@@H]1O. The van der Waals surface area contributed by atoms with E-state index in [1.54, 1.807) is 0 Å². The first-order valence-corrected chi connectivity index (χ1v) is 8.73. The molecule has 0 amide bonds. The molecule has 0 unspecified atom stereocenters. The van der Waals surface area contributed by atoms with Crippen molar-refractivity contribution < 1.29 is 25.2 Å². The third-order valence-corrected chi connectivity index (χ3v) is 4.70. The van der Waals surface area contributed by atoms with E-state index < -0.39 is 37.1 Å². The van der Waals surface area contributed by atoms with E-state index in [0.29, 0.717) is 6.42 Å². The maximum absolute atomic E-state index is 10.1. The summed E-state index contributed by atoms with van der Waals surface area (Å²) in [5.41, 5.74) is 3.24. The molecule has 0 saturated carbocycles. The fourth-order valence-corrected chi connectivity index (χ4v) is 3.23. The molecular weight excluding hydrogens is 332 g/mol. The van der Waals surface area contributed by atoms with Gasteiger partial charge in [0, 0.05) is 0 Å². The average Bonchev–Trinajstić information content (AvgIpc) is 2.69. The summed E-state index contributed by atoms with van der Waals surface area (Å²) in [6.45, 7) is -0.415. The highest BCUT2D eigenvalue weighted by Crippen LogP contribution is 2.26. The Bertz CT molecular complexity index is 728. The zero-order chi connectivity index (χ0) is 18.5. The quantitative estimate of drug-likeness (QED) is 0.653. The van der Waals surface area contributed by atoms with Crippen LogP contribution in [0.25, 0.3) is 17.2 Å². The van der Waals surface area contributed by atoms with Crippen LogP contribution in [-0.4, -0.2) is 57.6 Å². The van der Waals surface area contributed by atoms with Crippen molar-refractivity contribution in [3.8, 4) is 11.1 Å². The Morgan fingerprint density at radius 3 is 2.19 bits per heavy atom. The fraction of sp³-hybridized carbons (Fsp3) is 0.333. The van der Waals surface area contributed by atoms with Crippen LogP contribution < -0.4 is 0 Å². The Kier molecular flexibility index (Phi) is 6.19. The topological polar surface area (TPSA) is 90.2 Å². The van der Waals surface area contributed by atoms with Crippen LogP contribution in [0.5, 0.6) is 0 Å². The second-order valence-corrected chi connectivity index (χ2v) is 6.46. The molecule has 1 heterocycles. The first-order valence-electron chi connectivity index (χ1n) is 8.73. The Morgan fingerprint density at radius 1 is 0.808 bits per heavy atom. The van der Waals surface area contributed by atoms with Crippen LogP contribution in [0.4, 0.5) is 0 Å². The van der Waals surface area contributed by atoms with Crippen LogP contribution in [0.15, 0.2) is 60.7 Å². The number of benzene rings is 2. The van der Waals surface area contributed by atoms with E-state index in [4.69, 9.17) is 4.74 Å². The number of hydrogen-bond acceptors (Lipinski definition) is 5. The molecule has 0 radical (unpaired) electrons. The van der Waals surface area contributed by atoms with Crippen molar-refractivity contribution in [2.45, 2.75) is 36.9 Å². The third-order valence-electron chi connectivity index (χ3n) is 4.70. The third kappa shape index (κ3) is 4.03. The highest BCUT2D eigenvalue weighted by molar-refractivity contribution is 5.75. The minimum atomic E-state index is -1.34. The van der Waals surface area contributed by atoms with Gasteiger partial charge in [0.05, 0.1) is 12.7 Å². The second-order valence-electron chi connectivity index (χ2n) is 6.46. The maximum Gasteiger partial charge on any atom is 0.111 e. The molecular formula is C21H24O5. The lowest BCUT2D eigenvalue weighted by Crippen LogP contribution is -2.58. The van der Waals surface area contributed by atoms with Gasteiger partial charge in [0.2, 0.25) is 0 Å². The van der Waals surface area contributed by atoms with Gasteiger partial charge in [-0.15, -0.1) is 0 Å². The first kappa shape index (κ1) is 18.8. The number of aliphatic hydroxyl groups excluding tert-OH is 4. The van der Waals surface area contributed by atoms with Gasteiger partial charge in [-0.25, -0.2) is 0 Å². The number of ether oxygens (including phenoxy) is 1. The van der Waals surface area contributed by atoms with Crippen LogP contribution in [0.1, 0.15) is 12.0 Å². The monoisotopic (exact) mass is 356 g/mol. The van der Waals surface area contributed by atoms with E-state index in [2.05, 4.69) is 0 Å². The van der Waals surface area contributed by atoms with Crippen molar-refractivity contribution in [1.82, 2.24) is 0 Å². The molecule has 1 aliphatic heterocycles. The summed E-state index contributed by atoms with van der Waals surface area (Å²) in [6.07, 6.45) is -1.26. The van der Waals surface area contributed by atoms with Crippen LogP contribution in [-0.2, 0) is 4.74 Å². The summed E-state index contributed by atoms with van der Waals surface area (Å²) in [5, 5.41) is 39.0. The molecule has 1 aliphatic rings. The van der Waals surface area contributed by atoms with Crippen LogP contribution in [0, 0.1) is 0 Å². The minimum Gasteiger partial charge on any atom is -0.394 e. The lowest BCUT2D eigenvalue weighted by Gasteiger charge is -2.39. The Morgan fingerprint density at radius 2 is 1.46 bits per heavy atom. The van der Waals surface area contributed by atoms with Crippen LogP contribution >= 0.6 is 0 Å². The van der Waals surface area contributed by atoms with Gasteiger partial charge in [0.25, 0.3) is 0 Å². The summed E-state index contributed by atoms with van der Waals surface area (Å²) >= 11 is 0. The van der Waals surface area contributed by atoms with E-state index in [1.165, 1.54) is 0 Å². The average molecular weight is 356 g/mol. The summed E-state index contributed by atoms with van der Waals surface area (Å²) in [4.78, 5) is 0.